The Morgan fingerprint density at radius 3 is 2.58 bits per heavy atom. The maximum atomic E-state index is 5.75. The van der Waals surface area contributed by atoms with E-state index in [1.54, 1.807) is 14.2 Å². The zero-order chi connectivity index (χ0) is 17.5. The van der Waals surface area contributed by atoms with E-state index < -0.39 is 0 Å². The van der Waals surface area contributed by atoms with Gasteiger partial charge in [0.05, 0.1) is 33.0 Å². The number of hydrogen-bond donors (Lipinski definition) is 2. The molecule has 0 amide bonds. The lowest BCUT2D eigenvalue weighted by molar-refractivity contribution is 0.0733. The summed E-state index contributed by atoms with van der Waals surface area (Å²) in [5.74, 6) is 1.17. The second-order valence-electron chi connectivity index (χ2n) is 5.59. The Balaban J connectivity index is 2.07. The molecule has 0 bridgehead atoms. The van der Waals surface area contributed by atoms with Crippen LogP contribution in [0.4, 0.5) is 0 Å². The summed E-state index contributed by atoms with van der Waals surface area (Å²) in [6.07, 6.45) is 0. The van der Waals surface area contributed by atoms with E-state index in [2.05, 4.69) is 34.7 Å². The molecule has 6 nitrogen and oxygen atoms in total. The van der Waals surface area contributed by atoms with Gasteiger partial charge in [0.2, 0.25) is 0 Å². The van der Waals surface area contributed by atoms with Crippen molar-refractivity contribution in [3.8, 4) is 0 Å². The summed E-state index contributed by atoms with van der Waals surface area (Å²) >= 11 is 0. The third-order valence-electron chi connectivity index (χ3n) is 3.33. The highest BCUT2D eigenvalue weighted by Gasteiger charge is 2.04. The Hall–Kier alpha value is -1.63. The molecule has 0 radical (unpaired) electrons. The van der Waals surface area contributed by atoms with E-state index in [0.717, 1.165) is 12.5 Å². The molecule has 0 saturated heterocycles. The number of benzene rings is 1. The van der Waals surface area contributed by atoms with E-state index in [9.17, 15) is 0 Å². The van der Waals surface area contributed by atoms with Crippen LogP contribution in [0.1, 0.15) is 12.5 Å². The molecular weight excluding hydrogens is 306 g/mol. The van der Waals surface area contributed by atoms with Crippen LogP contribution in [-0.4, -0.2) is 59.6 Å². The summed E-state index contributed by atoms with van der Waals surface area (Å²) in [7, 11) is 3.43. The summed E-state index contributed by atoms with van der Waals surface area (Å²) in [5, 5.41) is 6.51. The first kappa shape index (κ1) is 20.4. The van der Waals surface area contributed by atoms with Crippen LogP contribution in [0.3, 0.4) is 0 Å². The molecule has 2 N–H and O–H groups in total. The van der Waals surface area contributed by atoms with Crippen molar-refractivity contribution in [1.82, 2.24) is 10.6 Å². The number of ether oxygens (including phenoxy) is 3. The van der Waals surface area contributed by atoms with Crippen LogP contribution in [-0.2, 0) is 20.8 Å². The molecule has 0 saturated carbocycles. The predicted molar refractivity (Wildman–Crippen MR) is 97.3 cm³/mol. The van der Waals surface area contributed by atoms with Crippen LogP contribution in [0.5, 0.6) is 0 Å². The van der Waals surface area contributed by atoms with Gasteiger partial charge in [-0.2, -0.15) is 0 Å². The maximum Gasteiger partial charge on any atom is 0.191 e. The zero-order valence-corrected chi connectivity index (χ0v) is 15.1. The number of rotatable bonds is 12. The van der Waals surface area contributed by atoms with Gasteiger partial charge in [0.25, 0.3) is 0 Å². The van der Waals surface area contributed by atoms with Gasteiger partial charge in [0.15, 0.2) is 5.96 Å². The fourth-order valence-corrected chi connectivity index (χ4v) is 1.99. The van der Waals surface area contributed by atoms with Crippen LogP contribution in [0.25, 0.3) is 0 Å². The van der Waals surface area contributed by atoms with Crippen molar-refractivity contribution in [3.05, 3.63) is 35.9 Å². The Morgan fingerprint density at radius 1 is 1.08 bits per heavy atom. The number of hydrogen-bond acceptors (Lipinski definition) is 4. The lowest BCUT2D eigenvalue weighted by atomic mass is 10.2. The highest BCUT2D eigenvalue weighted by Crippen LogP contribution is 2.02. The van der Waals surface area contributed by atoms with Gasteiger partial charge in [-0.15, -0.1) is 0 Å². The number of aliphatic imine (C=N–C) groups is 1. The number of nitrogens with zero attached hydrogens (tertiary/aromatic N) is 1. The average molecular weight is 337 g/mol. The molecule has 0 spiro atoms. The quantitative estimate of drug-likeness (QED) is 0.345. The summed E-state index contributed by atoms with van der Waals surface area (Å²) < 4.78 is 16.1. The highest BCUT2D eigenvalue weighted by atomic mass is 16.5. The fourth-order valence-electron chi connectivity index (χ4n) is 1.99. The predicted octanol–water partition coefficient (Wildman–Crippen LogP) is 1.67. The maximum absolute atomic E-state index is 5.75. The highest BCUT2D eigenvalue weighted by molar-refractivity contribution is 5.79. The lowest BCUT2D eigenvalue weighted by Crippen LogP contribution is -2.41. The molecule has 1 unspecified atom stereocenters. The third-order valence-corrected chi connectivity index (χ3v) is 3.33. The molecule has 136 valence electrons. The molecule has 0 aliphatic rings. The lowest BCUT2D eigenvalue weighted by Gasteiger charge is -2.16. The second kappa shape index (κ2) is 13.8. The van der Waals surface area contributed by atoms with Gasteiger partial charge in [-0.25, -0.2) is 0 Å². The largest absolute Gasteiger partial charge is 0.382 e. The summed E-state index contributed by atoms with van der Waals surface area (Å²) in [5.41, 5.74) is 1.20. The van der Waals surface area contributed by atoms with Gasteiger partial charge in [0.1, 0.15) is 0 Å². The van der Waals surface area contributed by atoms with Crippen molar-refractivity contribution < 1.29 is 14.2 Å². The van der Waals surface area contributed by atoms with E-state index in [4.69, 9.17) is 14.2 Å². The molecule has 6 heteroatoms. The molecule has 0 aliphatic carbocycles. The summed E-state index contributed by atoms with van der Waals surface area (Å²) in [6.45, 7) is 6.88. The minimum absolute atomic E-state index is 0.394. The van der Waals surface area contributed by atoms with Gasteiger partial charge in [-0.1, -0.05) is 37.3 Å². The van der Waals surface area contributed by atoms with E-state index in [0.29, 0.717) is 45.5 Å². The SMILES string of the molecule is CN=C(NCCOCCOC)NCC(C)COCc1ccccc1. The van der Waals surface area contributed by atoms with Crippen molar-refractivity contribution in [2.45, 2.75) is 13.5 Å². The van der Waals surface area contributed by atoms with Crippen LogP contribution in [0.2, 0.25) is 0 Å². The van der Waals surface area contributed by atoms with Crippen LogP contribution in [0.15, 0.2) is 35.3 Å². The van der Waals surface area contributed by atoms with Crippen molar-refractivity contribution >= 4 is 5.96 Å². The Kier molecular flexibility index (Phi) is 11.7. The van der Waals surface area contributed by atoms with Gasteiger partial charge in [-0.3, -0.25) is 4.99 Å². The molecule has 1 atom stereocenters. The Bertz CT molecular complexity index is 440. The molecule has 0 heterocycles. The van der Waals surface area contributed by atoms with E-state index in [-0.39, 0.29) is 0 Å². The topological polar surface area (TPSA) is 64.1 Å². The van der Waals surface area contributed by atoms with Crippen LogP contribution < -0.4 is 10.6 Å². The van der Waals surface area contributed by atoms with Crippen LogP contribution >= 0.6 is 0 Å². The minimum Gasteiger partial charge on any atom is -0.382 e. The standard InChI is InChI=1S/C18H31N3O3/c1-16(14-24-15-17-7-5-4-6-8-17)13-21-18(19-2)20-9-10-23-12-11-22-3/h4-8,16H,9-15H2,1-3H3,(H2,19,20,21). The minimum atomic E-state index is 0.394. The monoisotopic (exact) mass is 337 g/mol. The normalized spacial score (nSPS) is 12.9. The van der Waals surface area contributed by atoms with E-state index >= 15 is 0 Å². The molecule has 1 aromatic carbocycles. The Labute approximate surface area is 145 Å². The summed E-state index contributed by atoms with van der Waals surface area (Å²) in [6, 6.07) is 10.2. The fraction of sp³-hybridized carbons (Fsp3) is 0.611. The van der Waals surface area contributed by atoms with Gasteiger partial charge in [-0.05, 0) is 11.5 Å². The van der Waals surface area contributed by atoms with E-state index in [1.807, 2.05) is 18.2 Å². The van der Waals surface area contributed by atoms with Gasteiger partial charge in [0, 0.05) is 27.2 Å². The molecule has 1 aromatic rings. The smallest absolute Gasteiger partial charge is 0.191 e. The molecular formula is C18H31N3O3. The molecule has 0 aliphatic heterocycles. The zero-order valence-electron chi connectivity index (χ0n) is 15.1. The average Bonchev–Trinajstić information content (AvgIpc) is 2.61. The van der Waals surface area contributed by atoms with E-state index in [1.165, 1.54) is 5.56 Å². The first-order valence-corrected chi connectivity index (χ1v) is 8.39. The van der Waals surface area contributed by atoms with Crippen LogP contribution in [0, 0.1) is 5.92 Å². The first-order chi connectivity index (χ1) is 11.8. The Morgan fingerprint density at radius 2 is 1.88 bits per heavy atom. The van der Waals surface area contributed by atoms with Crippen molar-refractivity contribution in [2.75, 3.05) is 53.7 Å². The number of methoxy groups -OCH3 is 1. The number of guanidine groups is 1. The van der Waals surface area contributed by atoms with Crippen molar-refractivity contribution in [1.29, 1.82) is 0 Å². The molecule has 0 aromatic heterocycles. The first-order valence-electron chi connectivity index (χ1n) is 8.39. The van der Waals surface area contributed by atoms with Gasteiger partial charge < -0.3 is 24.8 Å². The number of nitrogens with one attached hydrogen (secondary N) is 2. The van der Waals surface area contributed by atoms with Gasteiger partial charge >= 0.3 is 0 Å². The second-order valence-corrected chi connectivity index (χ2v) is 5.59. The summed E-state index contributed by atoms with van der Waals surface area (Å²) in [4.78, 5) is 4.20. The molecule has 0 fully saturated rings. The van der Waals surface area contributed by atoms with Crippen molar-refractivity contribution in [3.63, 3.8) is 0 Å². The van der Waals surface area contributed by atoms with Crippen molar-refractivity contribution in [2.24, 2.45) is 10.9 Å². The molecule has 24 heavy (non-hydrogen) atoms. The third kappa shape index (κ3) is 10.2. The molecule has 1 rings (SSSR count).